The van der Waals surface area contributed by atoms with E-state index < -0.39 is 17.5 Å². The highest BCUT2D eigenvalue weighted by Crippen LogP contribution is 2.35. The van der Waals surface area contributed by atoms with Crippen molar-refractivity contribution < 1.29 is 17.9 Å². The van der Waals surface area contributed by atoms with Gasteiger partial charge in [-0.2, -0.15) is 0 Å². The number of nitrogens with one attached hydrogen (secondary N) is 1. The molecule has 0 bridgehead atoms. The minimum atomic E-state index is -1.43. The van der Waals surface area contributed by atoms with E-state index in [4.69, 9.17) is 4.74 Å². The van der Waals surface area contributed by atoms with Crippen molar-refractivity contribution >= 4 is 0 Å². The lowest BCUT2D eigenvalue weighted by molar-refractivity contribution is 0.0899. The van der Waals surface area contributed by atoms with Gasteiger partial charge in [-0.15, -0.1) is 0 Å². The number of hydrogen-bond acceptors (Lipinski definition) is 2. The fourth-order valence-electron chi connectivity index (χ4n) is 2.28. The normalized spacial score (nSPS) is 23.6. The summed E-state index contributed by atoms with van der Waals surface area (Å²) in [5.74, 6) is -3.60. The van der Waals surface area contributed by atoms with Crippen LogP contribution in [0, 0.1) is 23.4 Å². The highest BCUT2D eigenvalue weighted by Gasteiger charge is 2.30. The average molecular weight is 259 g/mol. The van der Waals surface area contributed by atoms with E-state index in [0.29, 0.717) is 12.2 Å². The van der Waals surface area contributed by atoms with Crippen LogP contribution in [-0.2, 0) is 4.74 Å². The van der Waals surface area contributed by atoms with Gasteiger partial charge in [0, 0.05) is 19.1 Å². The van der Waals surface area contributed by atoms with E-state index in [9.17, 15) is 13.2 Å². The van der Waals surface area contributed by atoms with E-state index >= 15 is 0 Å². The molecule has 1 aromatic rings. The van der Waals surface area contributed by atoms with Gasteiger partial charge in [-0.3, -0.25) is 0 Å². The fourth-order valence-corrected chi connectivity index (χ4v) is 2.28. The van der Waals surface area contributed by atoms with Gasteiger partial charge in [-0.25, -0.2) is 13.2 Å². The highest BCUT2D eigenvalue weighted by atomic mass is 19.2. The van der Waals surface area contributed by atoms with Gasteiger partial charge in [-0.05, 0) is 30.7 Å². The first-order valence-corrected chi connectivity index (χ1v) is 6.10. The zero-order chi connectivity index (χ0) is 13.1. The molecule has 1 aliphatic heterocycles. The molecule has 18 heavy (non-hydrogen) atoms. The predicted molar refractivity (Wildman–Crippen MR) is 61.7 cm³/mol. The molecule has 0 saturated carbocycles. The molecule has 100 valence electrons. The monoisotopic (exact) mass is 259 g/mol. The van der Waals surface area contributed by atoms with Gasteiger partial charge < -0.3 is 10.1 Å². The summed E-state index contributed by atoms with van der Waals surface area (Å²) < 4.78 is 44.8. The highest BCUT2D eigenvalue weighted by molar-refractivity contribution is 5.23. The topological polar surface area (TPSA) is 21.3 Å². The summed E-state index contributed by atoms with van der Waals surface area (Å²) in [6, 6.07) is 2.04. The van der Waals surface area contributed by atoms with Gasteiger partial charge in [0.15, 0.2) is 17.5 Å². The summed E-state index contributed by atoms with van der Waals surface area (Å²) in [4.78, 5) is 0. The minimum absolute atomic E-state index is 0.161. The first kappa shape index (κ1) is 13.4. The maximum absolute atomic E-state index is 13.2. The summed E-state index contributed by atoms with van der Waals surface area (Å²) in [7, 11) is 0. The Morgan fingerprint density at radius 3 is 2.56 bits per heavy atom. The second-order valence-corrected chi connectivity index (χ2v) is 4.45. The molecule has 0 spiro atoms. The van der Waals surface area contributed by atoms with Crippen molar-refractivity contribution in [1.82, 2.24) is 5.32 Å². The Morgan fingerprint density at radius 2 is 1.94 bits per heavy atom. The molecule has 2 unspecified atom stereocenters. The maximum Gasteiger partial charge on any atom is 0.194 e. The molecule has 1 aromatic carbocycles. The van der Waals surface area contributed by atoms with Crippen molar-refractivity contribution in [2.24, 2.45) is 5.92 Å². The third kappa shape index (κ3) is 2.67. The number of rotatable bonds is 4. The van der Waals surface area contributed by atoms with Crippen LogP contribution in [0.25, 0.3) is 0 Å². The van der Waals surface area contributed by atoms with Gasteiger partial charge in [0.05, 0.1) is 6.10 Å². The number of halogens is 3. The van der Waals surface area contributed by atoms with Crippen molar-refractivity contribution in [3.63, 3.8) is 0 Å². The number of hydrogen-bond donors (Lipinski definition) is 1. The van der Waals surface area contributed by atoms with Crippen LogP contribution in [0.2, 0.25) is 0 Å². The molecule has 0 aliphatic carbocycles. The minimum Gasteiger partial charge on any atom is -0.373 e. The lowest BCUT2D eigenvalue weighted by Crippen LogP contribution is -2.24. The Hall–Kier alpha value is -1.07. The van der Waals surface area contributed by atoms with Crippen molar-refractivity contribution in [2.45, 2.75) is 19.4 Å². The molecule has 2 nitrogen and oxygen atoms in total. The van der Waals surface area contributed by atoms with Crippen LogP contribution in [0.1, 0.15) is 25.0 Å². The molecule has 0 amide bonds. The molecule has 1 heterocycles. The number of benzene rings is 1. The summed E-state index contributed by atoms with van der Waals surface area (Å²) in [6.07, 6.45) is 0.465. The van der Waals surface area contributed by atoms with Crippen LogP contribution >= 0.6 is 0 Å². The standard InChI is InChI=1S/C13H16F3NO/c1-2-17-7-8-3-4-18-13(8)9-5-10(14)12(16)11(15)6-9/h5-6,8,13,17H,2-4,7H2,1H3. The number of ether oxygens (including phenoxy) is 1. The molecule has 1 aliphatic rings. The first-order chi connectivity index (χ1) is 8.63. The Labute approximate surface area is 104 Å². The van der Waals surface area contributed by atoms with Gasteiger partial charge in [0.1, 0.15) is 0 Å². The van der Waals surface area contributed by atoms with E-state index in [-0.39, 0.29) is 12.0 Å². The second kappa shape index (κ2) is 5.71. The molecule has 2 atom stereocenters. The van der Waals surface area contributed by atoms with Gasteiger partial charge in [-0.1, -0.05) is 6.92 Å². The molecule has 2 rings (SSSR count). The smallest absolute Gasteiger partial charge is 0.194 e. The first-order valence-electron chi connectivity index (χ1n) is 6.10. The third-order valence-electron chi connectivity index (χ3n) is 3.21. The molecule has 0 radical (unpaired) electrons. The maximum atomic E-state index is 13.2. The van der Waals surface area contributed by atoms with Gasteiger partial charge in [0.2, 0.25) is 0 Å². The Morgan fingerprint density at radius 1 is 1.28 bits per heavy atom. The van der Waals surface area contributed by atoms with E-state index in [1.807, 2.05) is 6.92 Å². The zero-order valence-corrected chi connectivity index (χ0v) is 10.2. The SMILES string of the molecule is CCNCC1CCOC1c1cc(F)c(F)c(F)c1. The largest absolute Gasteiger partial charge is 0.373 e. The Kier molecular flexibility index (Phi) is 4.24. The molecule has 1 fully saturated rings. The lowest BCUT2D eigenvalue weighted by atomic mass is 9.95. The lowest BCUT2D eigenvalue weighted by Gasteiger charge is -2.19. The molecular weight excluding hydrogens is 243 g/mol. The van der Waals surface area contributed by atoms with Crippen molar-refractivity contribution in [3.8, 4) is 0 Å². The predicted octanol–water partition coefficient (Wildman–Crippen LogP) is 2.79. The van der Waals surface area contributed by atoms with Crippen molar-refractivity contribution in [1.29, 1.82) is 0 Å². The third-order valence-corrected chi connectivity index (χ3v) is 3.21. The van der Waals surface area contributed by atoms with E-state index in [1.54, 1.807) is 0 Å². The molecule has 5 heteroatoms. The molecule has 1 saturated heterocycles. The summed E-state index contributed by atoms with van der Waals surface area (Å²) in [5, 5.41) is 3.19. The quantitative estimate of drug-likeness (QED) is 0.839. The molecule has 1 N–H and O–H groups in total. The van der Waals surface area contributed by atoms with Crippen LogP contribution < -0.4 is 5.32 Å². The van der Waals surface area contributed by atoms with Crippen LogP contribution in [-0.4, -0.2) is 19.7 Å². The molecular formula is C13H16F3NO. The van der Waals surface area contributed by atoms with Crippen LogP contribution in [0.4, 0.5) is 13.2 Å². The van der Waals surface area contributed by atoms with Crippen LogP contribution in [0.5, 0.6) is 0 Å². The van der Waals surface area contributed by atoms with E-state index in [0.717, 1.165) is 31.6 Å². The fraction of sp³-hybridized carbons (Fsp3) is 0.538. The Balaban J connectivity index is 2.19. The van der Waals surface area contributed by atoms with Crippen LogP contribution in [0.3, 0.4) is 0 Å². The van der Waals surface area contributed by atoms with Gasteiger partial charge >= 0.3 is 0 Å². The van der Waals surface area contributed by atoms with E-state index in [2.05, 4.69) is 5.32 Å². The zero-order valence-electron chi connectivity index (χ0n) is 10.2. The van der Waals surface area contributed by atoms with Gasteiger partial charge in [0.25, 0.3) is 0 Å². The van der Waals surface area contributed by atoms with E-state index in [1.165, 1.54) is 0 Å². The van der Waals surface area contributed by atoms with Crippen molar-refractivity contribution in [2.75, 3.05) is 19.7 Å². The summed E-state index contributed by atoms with van der Waals surface area (Å²) >= 11 is 0. The second-order valence-electron chi connectivity index (χ2n) is 4.45. The average Bonchev–Trinajstić information content (AvgIpc) is 2.81. The van der Waals surface area contributed by atoms with Crippen molar-refractivity contribution in [3.05, 3.63) is 35.1 Å². The van der Waals surface area contributed by atoms with Crippen LogP contribution in [0.15, 0.2) is 12.1 Å². The Bertz CT molecular complexity index is 402. The summed E-state index contributed by atoms with van der Waals surface area (Å²) in [5.41, 5.74) is 0.367. The molecule has 0 aromatic heterocycles. The summed E-state index contributed by atoms with van der Waals surface area (Å²) in [6.45, 7) is 4.10.